The Morgan fingerprint density at radius 1 is 1.37 bits per heavy atom. The van der Waals surface area contributed by atoms with E-state index in [9.17, 15) is 0 Å². The fourth-order valence-electron chi connectivity index (χ4n) is 2.49. The smallest absolute Gasteiger partial charge is 0.0390 e. The molecule has 1 aliphatic heterocycles. The summed E-state index contributed by atoms with van der Waals surface area (Å²) in [4.78, 5) is 2.43. The van der Waals surface area contributed by atoms with E-state index in [1.807, 2.05) is 0 Å². The minimum atomic E-state index is 0.586. The van der Waals surface area contributed by atoms with E-state index >= 15 is 0 Å². The maximum absolute atomic E-state index is 3.55. The molecule has 1 aromatic rings. The van der Waals surface area contributed by atoms with E-state index in [1.54, 1.807) is 0 Å². The lowest BCUT2D eigenvalue weighted by Gasteiger charge is -2.33. The van der Waals surface area contributed by atoms with Crippen LogP contribution in [0.2, 0.25) is 0 Å². The van der Waals surface area contributed by atoms with E-state index in [0.29, 0.717) is 12.0 Å². The first-order valence-corrected chi connectivity index (χ1v) is 7.45. The van der Waals surface area contributed by atoms with Crippen LogP contribution >= 0.6 is 0 Å². The van der Waals surface area contributed by atoms with Crippen LogP contribution in [0, 0.1) is 0 Å². The van der Waals surface area contributed by atoms with Gasteiger partial charge in [-0.25, -0.2) is 0 Å². The van der Waals surface area contributed by atoms with Gasteiger partial charge in [-0.15, -0.1) is 0 Å². The van der Waals surface area contributed by atoms with Gasteiger partial charge in [0.05, 0.1) is 0 Å². The molecule has 0 aliphatic carbocycles. The van der Waals surface area contributed by atoms with Crippen molar-refractivity contribution in [2.45, 2.75) is 32.2 Å². The second-order valence-electron chi connectivity index (χ2n) is 5.65. The van der Waals surface area contributed by atoms with E-state index < -0.39 is 0 Å². The van der Waals surface area contributed by atoms with Crippen molar-refractivity contribution in [3.05, 3.63) is 29.8 Å². The molecule has 2 N–H and O–H groups in total. The van der Waals surface area contributed by atoms with Crippen molar-refractivity contribution in [3.8, 4) is 0 Å². The van der Waals surface area contributed by atoms with Crippen molar-refractivity contribution < 1.29 is 0 Å². The van der Waals surface area contributed by atoms with Crippen LogP contribution < -0.4 is 10.6 Å². The third kappa shape index (κ3) is 3.95. The predicted octanol–water partition coefficient (Wildman–Crippen LogP) is 2.52. The monoisotopic (exact) mass is 261 g/mol. The Balaban J connectivity index is 1.85. The molecule has 2 unspecified atom stereocenters. The first kappa shape index (κ1) is 14.4. The van der Waals surface area contributed by atoms with Crippen LogP contribution in [0.25, 0.3) is 0 Å². The number of likely N-dealkylation sites (N-methyl/N-ethyl adjacent to an activating group) is 1. The first-order chi connectivity index (χ1) is 9.20. The molecule has 106 valence electrons. The number of hydrogen-bond acceptors (Lipinski definition) is 3. The summed E-state index contributed by atoms with van der Waals surface area (Å²) in [5.41, 5.74) is 2.66. The Kier molecular flexibility index (Phi) is 5.23. The van der Waals surface area contributed by atoms with Gasteiger partial charge in [0.25, 0.3) is 0 Å². The SMILES string of the molecule is CCC(C)c1ccc(NCC2CNCCN2C)cc1. The average Bonchev–Trinajstić information content (AvgIpc) is 2.46. The topological polar surface area (TPSA) is 27.3 Å². The van der Waals surface area contributed by atoms with Crippen LogP contribution in [-0.4, -0.2) is 44.2 Å². The number of rotatable bonds is 5. The largest absolute Gasteiger partial charge is 0.383 e. The van der Waals surface area contributed by atoms with Crippen molar-refractivity contribution in [2.75, 3.05) is 38.5 Å². The Morgan fingerprint density at radius 2 is 2.11 bits per heavy atom. The van der Waals surface area contributed by atoms with Gasteiger partial charge in [0.15, 0.2) is 0 Å². The molecule has 0 aromatic heterocycles. The fourth-order valence-corrected chi connectivity index (χ4v) is 2.49. The van der Waals surface area contributed by atoms with Crippen molar-refractivity contribution in [1.29, 1.82) is 0 Å². The summed E-state index contributed by atoms with van der Waals surface area (Å²) < 4.78 is 0. The number of benzene rings is 1. The third-order valence-electron chi connectivity index (χ3n) is 4.28. The molecule has 2 rings (SSSR count). The summed E-state index contributed by atoms with van der Waals surface area (Å²) >= 11 is 0. The van der Waals surface area contributed by atoms with E-state index in [1.165, 1.54) is 17.7 Å². The quantitative estimate of drug-likeness (QED) is 0.853. The maximum atomic E-state index is 3.55. The molecule has 0 amide bonds. The van der Waals surface area contributed by atoms with Gasteiger partial charge in [0.2, 0.25) is 0 Å². The number of anilines is 1. The summed E-state index contributed by atoms with van der Waals surface area (Å²) in [5.74, 6) is 0.655. The molecule has 2 atom stereocenters. The van der Waals surface area contributed by atoms with Gasteiger partial charge >= 0.3 is 0 Å². The highest BCUT2D eigenvalue weighted by atomic mass is 15.2. The Hall–Kier alpha value is -1.06. The zero-order valence-electron chi connectivity index (χ0n) is 12.4. The summed E-state index contributed by atoms with van der Waals surface area (Å²) in [6, 6.07) is 9.50. The highest BCUT2D eigenvalue weighted by molar-refractivity contribution is 5.45. The average molecular weight is 261 g/mol. The normalized spacial score (nSPS) is 22.2. The fraction of sp³-hybridized carbons (Fsp3) is 0.625. The number of nitrogens with zero attached hydrogens (tertiary/aromatic N) is 1. The second kappa shape index (κ2) is 6.92. The van der Waals surface area contributed by atoms with Gasteiger partial charge in [0, 0.05) is 37.9 Å². The lowest BCUT2D eigenvalue weighted by atomic mass is 9.98. The van der Waals surface area contributed by atoms with Crippen LogP contribution in [0.4, 0.5) is 5.69 Å². The molecule has 0 saturated carbocycles. The van der Waals surface area contributed by atoms with Crippen molar-refractivity contribution in [2.24, 2.45) is 0 Å². The summed E-state index contributed by atoms with van der Waals surface area (Å²) in [7, 11) is 2.21. The highest BCUT2D eigenvalue weighted by Crippen LogP contribution is 2.20. The van der Waals surface area contributed by atoms with E-state index in [2.05, 4.69) is 60.7 Å². The molecule has 0 radical (unpaired) electrons. The molecule has 3 nitrogen and oxygen atoms in total. The van der Waals surface area contributed by atoms with Crippen LogP contribution in [0.3, 0.4) is 0 Å². The molecule has 3 heteroatoms. The number of piperazine rings is 1. The highest BCUT2D eigenvalue weighted by Gasteiger charge is 2.17. The minimum Gasteiger partial charge on any atom is -0.383 e. The molecular formula is C16H27N3. The zero-order valence-corrected chi connectivity index (χ0v) is 12.4. The van der Waals surface area contributed by atoms with Gasteiger partial charge in [-0.05, 0) is 37.1 Å². The van der Waals surface area contributed by atoms with Gasteiger partial charge in [-0.3, -0.25) is 4.90 Å². The van der Waals surface area contributed by atoms with Crippen molar-refractivity contribution >= 4 is 5.69 Å². The Labute approximate surface area is 117 Å². The molecule has 19 heavy (non-hydrogen) atoms. The standard InChI is InChI=1S/C16H27N3/c1-4-13(2)14-5-7-15(8-6-14)18-12-16-11-17-9-10-19(16)3/h5-8,13,16-18H,4,9-12H2,1-3H3. The number of hydrogen-bond donors (Lipinski definition) is 2. The molecule has 1 aromatic carbocycles. The van der Waals surface area contributed by atoms with Gasteiger partial charge < -0.3 is 10.6 Å². The Morgan fingerprint density at radius 3 is 2.74 bits per heavy atom. The lowest BCUT2D eigenvalue weighted by Crippen LogP contribution is -2.52. The first-order valence-electron chi connectivity index (χ1n) is 7.45. The van der Waals surface area contributed by atoms with Gasteiger partial charge in [-0.1, -0.05) is 26.0 Å². The van der Waals surface area contributed by atoms with E-state index in [-0.39, 0.29) is 0 Å². The molecule has 0 spiro atoms. The summed E-state index contributed by atoms with van der Waals surface area (Å²) in [5, 5.41) is 7.00. The molecule has 0 bridgehead atoms. The summed E-state index contributed by atoms with van der Waals surface area (Å²) in [6.45, 7) is 8.85. The van der Waals surface area contributed by atoms with Gasteiger partial charge in [-0.2, -0.15) is 0 Å². The van der Waals surface area contributed by atoms with Crippen molar-refractivity contribution in [1.82, 2.24) is 10.2 Å². The molecule has 1 aliphatic rings. The minimum absolute atomic E-state index is 0.586. The van der Waals surface area contributed by atoms with E-state index in [0.717, 1.165) is 26.2 Å². The van der Waals surface area contributed by atoms with Gasteiger partial charge in [0.1, 0.15) is 0 Å². The third-order valence-corrected chi connectivity index (χ3v) is 4.28. The molecule has 1 heterocycles. The molecule has 1 fully saturated rings. The van der Waals surface area contributed by atoms with Crippen LogP contribution in [-0.2, 0) is 0 Å². The van der Waals surface area contributed by atoms with Crippen LogP contribution in [0.1, 0.15) is 31.7 Å². The Bertz CT molecular complexity index is 374. The number of nitrogens with one attached hydrogen (secondary N) is 2. The predicted molar refractivity (Wildman–Crippen MR) is 82.9 cm³/mol. The van der Waals surface area contributed by atoms with Crippen LogP contribution in [0.5, 0.6) is 0 Å². The molecular weight excluding hydrogens is 234 g/mol. The maximum Gasteiger partial charge on any atom is 0.0390 e. The molecule has 1 saturated heterocycles. The van der Waals surface area contributed by atoms with Crippen LogP contribution in [0.15, 0.2) is 24.3 Å². The van der Waals surface area contributed by atoms with E-state index in [4.69, 9.17) is 0 Å². The zero-order chi connectivity index (χ0) is 13.7. The lowest BCUT2D eigenvalue weighted by molar-refractivity contribution is 0.209. The second-order valence-corrected chi connectivity index (χ2v) is 5.65. The summed E-state index contributed by atoms with van der Waals surface area (Å²) in [6.07, 6.45) is 1.20. The van der Waals surface area contributed by atoms with Crippen molar-refractivity contribution in [3.63, 3.8) is 0 Å².